The molecule has 1 aliphatic rings. The van der Waals surface area contributed by atoms with Crippen molar-refractivity contribution in [2.45, 2.75) is 77.6 Å². The van der Waals surface area contributed by atoms with E-state index in [-0.39, 0.29) is 30.7 Å². The maximum Gasteiger partial charge on any atom is 0.408 e. The fraction of sp³-hybridized carbons (Fsp3) is 0.455. The van der Waals surface area contributed by atoms with Crippen LogP contribution in [-0.2, 0) is 38.5 Å². The van der Waals surface area contributed by atoms with Gasteiger partial charge in [0.2, 0.25) is 11.8 Å². The lowest BCUT2D eigenvalue weighted by molar-refractivity contribution is -0.141. The molecule has 4 amide bonds. The quantitative estimate of drug-likeness (QED) is 0.232. The molecule has 5 N–H and O–H groups in total. The van der Waals surface area contributed by atoms with Gasteiger partial charge in [-0.3, -0.25) is 14.4 Å². The highest BCUT2D eigenvalue weighted by Gasteiger charge is 2.47. The third-order valence-corrected chi connectivity index (χ3v) is 8.39. The van der Waals surface area contributed by atoms with E-state index in [2.05, 4.69) is 26.3 Å². The van der Waals surface area contributed by atoms with Gasteiger partial charge >= 0.3 is 6.09 Å². The summed E-state index contributed by atoms with van der Waals surface area (Å²) in [5.74, 6) is -1.82. The summed E-state index contributed by atoms with van der Waals surface area (Å²) >= 11 is 0. The fourth-order valence-electron chi connectivity index (χ4n) is 5.60. The normalized spacial score (nSPS) is 18.2. The number of aromatic nitrogens is 1. The van der Waals surface area contributed by atoms with Crippen molar-refractivity contribution in [3.8, 4) is 0 Å². The van der Waals surface area contributed by atoms with Gasteiger partial charge in [0.25, 0.3) is 5.91 Å². The Morgan fingerprint density at radius 2 is 1.67 bits per heavy atom. The van der Waals surface area contributed by atoms with E-state index in [1.54, 1.807) is 0 Å². The molecule has 4 rings (SSSR count). The highest BCUT2D eigenvalue weighted by atomic mass is 16.6. The number of amides is 4. The maximum absolute atomic E-state index is 14.2. The first kappa shape index (κ1) is 31.6. The average molecular weight is 590 g/mol. The number of carbonyl (C=O) groups excluding carboxylic acids is 4. The SMILES string of the molecule is CC[C@H](C)C(OC(=O)NCc1ccccc1)C(=O)N[C@]1(C(=O)N[C@H](C(=O)NC)C(C)C)CCc2[nH]c3ccccc3c2C1. The van der Waals surface area contributed by atoms with Crippen LogP contribution in [0, 0.1) is 11.8 Å². The van der Waals surface area contributed by atoms with E-state index < -0.39 is 35.6 Å². The minimum Gasteiger partial charge on any atom is -0.436 e. The number of H-pyrrole nitrogens is 1. The average Bonchev–Trinajstić information content (AvgIpc) is 3.38. The van der Waals surface area contributed by atoms with Crippen LogP contribution in [0.4, 0.5) is 4.79 Å². The first-order valence-electron chi connectivity index (χ1n) is 15.0. The summed E-state index contributed by atoms with van der Waals surface area (Å²) in [5.41, 5.74) is 2.44. The smallest absolute Gasteiger partial charge is 0.408 e. The number of hydrogen-bond donors (Lipinski definition) is 5. The molecule has 1 aliphatic carbocycles. The zero-order chi connectivity index (χ0) is 31.1. The van der Waals surface area contributed by atoms with Crippen molar-refractivity contribution >= 4 is 34.7 Å². The molecule has 0 bridgehead atoms. The van der Waals surface area contributed by atoms with Gasteiger partial charge in [0.1, 0.15) is 11.6 Å². The summed E-state index contributed by atoms with van der Waals surface area (Å²) in [6.07, 6.45) is -0.246. The summed E-state index contributed by atoms with van der Waals surface area (Å²) in [4.78, 5) is 57.1. The molecule has 43 heavy (non-hydrogen) atoms. The van der Waals surface area contributed by atoms with Crippen molar-refractivity contribution in [1.29, 1.82) is 0 Å². The molecule has 3 aromatic rings. The Balaban J connectivity index is 1.62. The Morgan fingerprint density at radius 3 is 2.35 bits per heavy atom. The monoisotopic (exact) mass is 589 g/mol. The van der Waals surface area contributed by atoms with Crippen LogP contribution in [0.5, 0.6) is 0 Å². The van der Waals surface area contributed by atoms with Crippen molar-refractivity contribution in [2.24, 2.45) is 11.8 Å². The number of benzene rings is 2. The summed E-state index contributed by atoms with van der Waals surface area (Å²) < 4.78 is 5.69. The Labute approximate surface area is 252 Å². The second-order valence-electron chi connectivity index (χ2n) is 11.7. The molecule has 2 aromatic carbocycles. The first-order valence-corrected chi connectivity index (χ1v) is 15.0. The largest absolute Gasteiger partial charge is 0.436 e. The second kappa shape index (κ2) is 13.8. The highest BCUT2D eigenvalue weighted by molar-refractivity contribution is 5.97. The Bertz CT molecular complexity index is 1450. The molecule has 4 atom stereocenters. The number of nitrogens with one attached hydrogen (secondary N) is 5. The molecule has 0 aliphatic heterocycles. The number of hydrogen-bond acceptors (Lipinski definition) is 5. The number of para-hydroxylation sites is 1. The van der Waals surface area contributed by atoms with Crippen LogP contribution in [0.15, 0.2) is 54.6 Å². The van der Waals surface area contributed by atoms with Crippen molar-refractivity contribution in [3.63, 3.8) is 0 Å². The molecular weight excluding hydrogens is 546 g/mol. The third kappa shape index (κ3) is 7.18. The van der Waals surface area contributed by atoms with Crippen molar-refractivity contribution in [1.82, 2.24) is 26.3 Å². The minimum absolute atomic E-state index is 0.187. The topological polar surface area (TPSA) is 141 Å². The molecule has 0 radical (unpaired) electrons. The van der Waals surface area contributed by atoms with Crippen LogP contribution in [0.2, 0.25) is 0 Å². The summed E-state index contributed by atoms with van der Waals surface area (Å²) in [7, 11) is 1.52. The van der Waals surface area contributed by atoms with Gasteiger partial charge in [0, 0.05) is 42.5 Å². The van der Waals surface area contributed by atoms with Crippen molar-refractivity contribution < 1.29 is 23.9 Å². The Hall–Kier alpha value is -4.34. The van der Waals surface area contributed by atoms with Gasteiger partial charge < -0.3 is 31.0 Å². The van der Waals surface area contributed by atoms with Crippen LogP contribution < -0.4 is 21.3 Å². The molecule has 1 heterocycles. The molecule has 230 valence electrons. The lowest BCUT2D eigenvalue weighted by Gasteiger charge is -2.39. The number of alkyl carbamates (subject to hydrolysis) is 1. The van der Waals surface area contributed by atoms with E-state index in [0.29, 0.717) is 19.3 Å². The highest BCUT2D eigenvalue weighted by Crippen LogP contribution is 2.35. The lowest BCUT2D eigenvalue weighted by atomic mass is 9.78. The maximum atomic E-state index is 14.2. The molecule has 0 saturated carbocycles. The van der Waals surface area contributed by atoms with E-state index >= 15 is 0 Å². The number of aromatic amines is 1. The molecule has 1 aromatic heterocycles. The molecule has 0 saturated heterocycles. The molecule has 0 fully saturated rings. The van der Waals surface area contributed by atoms with E-state index in [1.165, 1.54) is 7.05 Å². The number of carbonyl (C=O) groups is 4. The number of aryl methyl sites for hydroxylation is 1. The Morgan fingerprint density at radius 1 is 0.977 bits per heavy atom. The summed E-state index contributed by atoms with van der Waals surface area (Å²) in [5, 5.41) is 12.3. The predicted molar refractivity (Wildman–Crippen MR) is 165 cm³/mol. The summed E-state index contributed by atoms with van der Waals surface area (Å²) in [6, 6.07) is 16.5. The van der Waals surface area contributed by atoms with Crippen LogP contribution in [0.1, 0.15) is 57.4 Å². The zero-order valence-corrected chi connectivity index (χ0v) is 25.6. The lowest BCUT2D eigenvalue weighted by Crippen LogP contribution is -2.66. The van der Waals surface area contributed by atoms with Gasteiger partial charge in [-0.25, -0.2) is 4.79 Å². The van der Waals surface area contributed by atoms with Crippen LogP contribution >= 0.6 is 0 Å². The van der Waals surface area contributed by atoms with Gasteiger partial charge in [-0.1, -0.05) is 76.2 Å². The van der Waals surface area contributed by atoms with Crippen LogP contribution in [0.3, 0.4) is 0 Å². The van der Waals surface area contributed by atoms with Crippen LogP contribution in [0.25, 0.3) is 10.9 Å². The first-order chi connectivity index (χ1) is 20.6. The summed E-state index contributed by atoms with van der Waals surface area (Å²) in [6.45, 7) is 7.70. The van der Waals surface area contributed by atoms with E-state index in [1.807, 2.05) is 82.3 Å². The fourth-order valence-corrected chi connectivity index (χ4v) is 5.60. The predicted octanol–water partition coefficient (Wildman–Crippen LogP) is 3.74. The number of fused-ring (bicyclic) bond motifs is 3. The van der Waals surface area contributed by atoms with E-state index in [0.717, 1.165) is 27.7 Å². The zero-order valence-electron chi connectivity index (χ0n) is 25.6. The van der Waals surface area contributed by atoms with Crippen LogP contribution in [-0.4, -0.2) is 53.5 Å². The standard InChI is InChI=1S/C33H43N5O5/c1-6-21(4)28(43-32(42)35-19-22-12-8-7-9-13-22)30(40)38-33(31(41)37-27(20(2)3)29(39)34-5)17-16-26-24(18-33)23-14-10-11-15-25(23)36-26/h7-15,20-21,27-28,36H,6,16-19H2,1-5H3,(H,34,39)(H,35,42)(H,37,41)(H,38,40)/t21-,27-,28?,33+/m0/s1. The van der Waals surface area contributed by atoms with E-state index in [4.69, 9.17) is 4.74 Å². The van der Waals surface area contributed by atoms with Gasteiger partial charge in [-0.2, -0.15) is 0 Å². The second-order valence-corrected chi connectivity index (χ2v) is 11.7. The minimum atomic E-state index is -1.37. The number of rotatable bonds is 11. The van der Waals surface area contributed by atoms with Crippen molar-refractivity contribution in [2.75, 3.05) is 7.05 Å². The molecule has 10 heteroatoms. The van der Waals surface area contributed by atoms with Gasteiger partial charge in [0.05, 0.1) is 0 Å². The molecule has 10 nitrogen and oxygen atoms in total. The van der Waals surface area contributed by atoms with Gasteiger partial charge in [0.15, 0.2) is 6.10 Å². The Kier molecular flexibility index (Phi) is 10.1. The third-order valence-electron chi connectivity index (χ3n) is 8.39. The number of likely N-dealkylation sites (N-methyl/N-ethyl adjacent to an activating group) is 1. The molecule has 0 spiro atoms. The van der Waals surface area contributed by atoms with Gasteiger partial charge in [-0.15, -0.1) is 0 Å². The molecule has 1 unspecified atom stereocenters. The van der Waals surface area contributed by atoms with Crippen molar-refractivity contribution in [3.05, 3.63) is 71.4 Å². The number of ether oxygens (including phenoxy) is 1. The van der Waals surface area contributed by atoms with E-state index in [9.17, 15) is 19.2 Å². The molecular formula is C33H43N5O5. The van der Waals surface area contributed by atoms with Gasteiger partial charge in [-0.05, 0) is 42.4 Å².